The van der Waals surface area contributed by atoms with Crippen molar-refractivity contribution in [3.63, 3.8) is 0 Å². The van der Waals surface area contributed by atoms with E-state index in [1.165, 1.54) is 0 Å². The molecule has 1 fully saturated rings. The van der Waals surface area contributed by atoms with Crippen LogP contribution in [0.25, 0.3) is 0 Å². The van der Waals surface area contributed by atoms with Crippen LogP contribution in [0.3, 0.4) is 0 Å². The lowest BCUT2D eigenvalue weighted by atomic mass is 10.1. The minimum atomic E-state index is -2.99. The number of aryl methyl sites for hydroxylation is 1. The number of hydrogen-bond donors (Lipinski definition) is 1. The monoisotopic (exact) mass is 302 g/mol. The summed E-state index contributed by atoms with van der Waals surface area (Å²) >= 11 is 1.60. The topological polar surface area (TPSA) is 76.1 Å². The fourth-order valence-corrected chi connectivity index (χ4v) is 4.69. The molecule has 19 heavy (non-hydrogen) atoms. The molecule has 1 aliphatic rings. The van der Waals surface area contributed by atoms with Gasteiger partial charge in [-0.3, -0.25) is 4.79 Å². The summed E-state index contributed by atoms with van der Waals surface area (Å²) in [5.74, 6) is -0.381. The van der Waals surface area contributed by atoms with E-state index in [0.29, 0.717) is 19.4 Å². The standard InChI is InChI=1S/C12H18N2O3S2/c1-2-10-7-18-11(14-10)3-5-13-12(15)9-4-6-19(16,17)8-9/h7,9H,2-6,8H2,1H3,(H,13,15). The number of aromatic nitrogens is 1. The molecule has 1 aromatic rings. The Hall–Kier alpha value is -0.950. The van der Waals surface area contributed by atoms with Crippen LogP contribution < -0.4 is 5.32 Å². The molecular formula is C12H18N2O3S2. The Morgan fingerprint density at radius 3 is 2.95 bits per heavy atom. The molecule has 0 aliphatic carbocycles. The zero-order valence-electron chi connectivity index (χ0n) is 10.9. The number of amides is 1. The van der Waals surface area contributed by atoms with E-state index >= 15 is 0 Å². The van der Waals surface area contributed by atoms with Crippen LogP contribution in [0, 0.1) is 5.92 Å². The number of nitrogens with one attached hydrogen (secondary N) is 1. The van der Waals surface area contributed by atoms with Gasteiger partial charge >= 0.3 is 0 Å². The maximum atomic E-state index is 11.8. The highest BCUT2D eigenvalue weighted by atomic mass is 32.2. The van der Waals surface area contributed by atoms with Crippen LogP contribution in [0.5, 0.6) is 0 Å². The van der Waals surface area contributed by atoms with Gasteiger partial charge in [0.05, 0.1) is 28.1 Å². The number of hydrogen-bond acceptors (Lipinski definition) is 5. The average molecular weight is 302 g/mol. The van der Waals surface area contributed by atoms with E-state index in [1.54, 1.807) is 11.3 Å². The van der Waals surface area contributed by atoms with Crippen molar-refractivity contribution in [2.75, 3.05) is 18.1 Å². The van der Waals surface area contributed by atoms with Crippen LogP contribution >= 0.6 is 11.3 Å². The first kappa shape index (κ1) is 14.5. The minimum absolute atomic E-state index is 0.00390. The summed E-state index contributed by atoms with van der Waals surface area (Å²) in [6.07, 6.45) is 2.07. The van der Waals surface area contributed by atoms with E-state index in [9.17, 15) is 13.2 Å². The van der Waals surface area contributed by atoms with Gasteiger partial charge in [-0.2, -0.15) is 0 Å². The van der Waals surface area contributed by atoms with E-state index in [1.807, 2.05) is 5.38 Å². The molecule has 5 nitrogen and oxygen atoms in total. The summed E-state index contributed by atoms with van der Waals surface area (Å²) in [5.41, 5.74) is 1.08. The van der Waals surface area contributed by atoms with Gasteiger partial charge in [0.25, 0.3) is 0 Å². The van der Waals surface area contributed by atoms with Crippen LogP contribution in [-0.4, -0.2) is 37.4 Å². The number of thiazole rings is 1. The zero-order chi connectivity index (χ0) is 13.9. The molecule has 0 spiro atoms. The molecular weight excluding hydrogens is 284 g/mol. The van der Waals surface area contributed by atoms with Crippen molar-refractivity contribution in [2.45, 2.75) is 26.2 Å². The molecule has 1 unspecified atom stereocenters. The highest BCUT2D eigenvalue weighted by Gasteiger charge is 2.32. The van der Waals surface area contributed by atoms with Crippen molar-refractivity contribution in [1.29, 1.82) is 0 Å². The van der Waals surface area contributed by atoms with Gasteiger partial charge in [0.2, 0.25) is 5.91 Å². The summed E-state index contributed by atoms with van der Waals surface area (Å²) in [7, 11) is -2.99. The van der Waals surface area contributed by atoms with Gasteiger partial charge in [0.15, 0.2) is 9.84 Å². The molecule has 0 aromatic carbocycles. The highest BCUT2D eigenvalue weighted by molar-refractivity contribution is 7.91. The fourth-order valence-electron chi connectivity index (χ4n) is 2.06. The molecule has 1 aliphatic heterocycles. The Morgan fingerprint density at radius 1 is 1.58 bits per heavy atom. The second kappa shape index (κ2) is 6.00. The molecule has 1 saturated heterocycles. The molecule has 106 valence electrons. The summed E-state index contributed by atoms with van der Waals surface area (Å²) in [4.78, 5) is 16.2. The normalized spacial score (nSPS) is 21.4. The van der Waals surface area contributed by atoms with E-state index in [-0.39, 0.29) is 23.3 Å². The van der Waals surface area contributed by atoms with Crippen LogP contribution in [0.2, 0.25) is 0 Å². The van der Waals surface area contributed by atoms with Gasteiger partial charge in [0.1, 0.15) is 0 Å². The van der Waals surface area contributed by atoms with Crippen molar-refractivity contribution in [1.82, 2.24) is 10.3 Å². The Bertz CT molecular complexity index is 551. The fraction of sp³-hybridized carbons (Fsp3) is 0.667. The van der Waals surface area contributed by atoms with Crippen LogP contribution in [0.15, 0.2) is 5.38 Å². The first-order chi connectivity index (χ1) is 9.00. The second-order valence-corrected chi connectivity index (χ2v) is 7.90. The third kappa shape index (κ3) is 4.01. The van der Waals surface area contributed by atoms with Crippen molar-refractivity contribution >= 4 is 27.1 Å². The van der Waals surface area contributed by atoms with Crippen molar-refractivity contribution in [3.05, 3.63) is 16.1 Å². The Labute approximate surface area is 117 Å². The first-order valence-corrected chi connectivity index (χ1v) is 9.11. The summed E-state index contributed by atoms with van der Waals surface area (Å²) in [6.45, 7) is 2.58. The van der Waals surface area contributed by atoms with E-state index in [4.69, 9.17) is 0 Å². The molecule has 0 bridgehead atoms. The Balaban J connectivity index is 1.75. The highest BCUT2D eigenvalue weighted by Crippen LogP contribution is 2.18. The lowest BCUT2D eigenvalue weighted by molar-refractivity contribution is -0.124. The third-order valence-electron chi connectivity index (χ3n) is 3.20. The number of sulfone groups is 1. The molecule has 0 radical (unpaired) electrons. The molecule has 1 amide bonds. The molecule has 2 heterocycles. The van der Waals surface area contributed by atoms with Crippen LogP contribution in [-0.2, 0) is 27.5 Å². The summed E-state index contributed by atoms with van der Waals surface area (Å²) < 4.78 is 22.6. The molecule has 0 saturated carbocycles. The van der Waals surface area contributed by atoms with Crippen LogP contribution in [0.4, 0.5) is 0 Å². The Morgan fingerprint density at radius 2 is 2.37 bits per heavy atom. The summed E-state index contributed by atoms with van der Waals surface area (Å²) in [5, 5.41) is 5.84. The predicted octanol–water partition coefficient (Wildman–Crippen LogP) is 0.799. The molecule has 7 heteroatoms. The maximum Gasteiger partial charge on any atom is 0.224 e. The number of nitrogens with zero attached hydrogens (tertiary/aromatic N) is 1. The van der Waals surface area contributed by atoms with Crippen molar-refractivity contribution < 1.29 is 13.2 Å². The molecule has 1 N–H and O–H groups in total. The van der Waals surface area contributed by atoms with Gasteiger partial charge in [-0.25, -0.2) is 13.4 Å². The number of rotatable bonds is 5. The SMILES string of the molecule is CCc1csc(CCNC(=O)C2CCS(=O)(=O)C2)n1. The van der Waals surface area contributed by atoms with Crippen molar-refractivity contribution in [2.24, 2.45) is 5.92 Å². The van der Waals surface area contributed by atoms with E-state index in [0.717, 1.165) is 17.1 Å². The Kier molecular flexibility index (Phi) is 4.57. The van der Waals surface area contributed by atoms with E-state index in [2.05, 4.69) is 17.2 Å². The number of carbonyl (C=O) groups is 1. The lowest BCUT2D eigenvalue weighted by Gasteiger charge is -2.08. The maximum absolute atomic E-state index is 11.8. The predicted molar refractivity (Wildman–Crippen MR) is 75.0 cm³/mol. The van der Waals surface area contributed by atoms with E-state index < -0.39 is 9.84 Å². The third-order valence-corrected chi connectivity index (χ3v) is 5.93. The van der Waals surface area contributed by atoms with Gasteiger partial charge < -0.3 is 5.32 Å². The molecule has 1 aromatic heterocycles. The van der Waals surface area contributed by atoms with Gasteiger partial charge in [-0.1, -0.05) is 6.92 Å². The largest absolute Gasteiger partial charge is 0.355 e. The quantitative estimate of drug-likeness (QED) is 0.873. The smallest absolute Gasteiger partial charge is 0.224 e. The summed E-state index contributed by atoms with van der Waals surface area (Å²) in [6, 6.07) is 0. The molecule has 1 atom stereocenters. The first-order valence-electron chi connectivity index (χ1n) is 6.41. The average Bonchev–Trinajstić information content (AvgIpc) is 2.95. The van der Waals surface area contributed by atoms with Gasteiger partial charge in [-0.15, -0.1) is 11.3 Å². The molecule has 2 rings (SSSR count). The van der Waals surface area contributed by atoms with Crippen LogP contribution in [0.1, 0.15) is 24.0 Å². The minimum Gasteiger partial charge on any atom is -0.355 e. The van der Waals surface area contributed by atoms with Gasteiger partial charge in [-0.05, 0) is 12.8 Å². The van der Waals surface area contributed by atoms with Gasteiger partial charge in [0, 0.05) is 18.3 Å². The lowest BCUT2D eigenvalue weighted by Crippen LogP contribution is -2.32. The second-order valence-electron chi connectivity index (χ2n) is 4.73. The van der Waals surface area contributed by atoms with Crippen molar-refractivity contribution in [3.8, 4) is 0 Å². The number of carbonyl (C=O) groups excluding carboxylic acids is 1. The zero-order valence-corrected chi connectivity index (χ0v) is 12.5.